The lowest BCUT2D eigenvalue weighted by Gasteiger charge is -2.11. The van der Waals surface area contributed by atoms with Crippen LogP contribution in [0.15, 0.2) is 107 Å². The van der Waals surface area contributed by atoms with Gasteiger partial charge in [0.05, 0.1) is 29.8 Å². The van der Waals surface area contributed by atoms with Crippen molar-refractivity contribution in [1.82, 2.24) is 9.66 Å². The summed E-state index contributed by atoms with van der Waals surface area (Å²) >= 11 is 6.23. The second kappa shape index (κ2) is 10.5. The molecule has 37 heavy (non-hydrogen) atoms. The van der Waals surface area contributed by atoms with Crippen LogP contribution >= 0.6 is 11.6 Å². The molecule has 1 aromatic heterocycles. The van der Waals surface area contributed by atoms with Crippen LogP contribution in [0.2, 0.25) is 5.02 Å². The molecule has 0 atom stereocenters. The quantitative estimate of drug-likeness (QED) is 0.163. The number of benzene rings is 4. The fourth-order valence-corrected chi connectivity index (χ4v) is 3.93. The summed E-state index contributed by atoms with van der Waals surface area (Å²) in [5.41, 5.74) is 1.67. The molecule has 0 fully saturated rings. The van der Waals surface area contributed by atoms with Crippen LogP contribution < -0.4 is 15.0 Å². The number of nitrogens with zero attached hydrogens (tertiary/aromatic N) is 3. The lowest BCUT2D eigenvalue weighted by Crippen LogP contribution is -2.20. The molecule has 0 saturated carbocycles. The molecule has 0 saturated heterocycles. The number of hydrogen-bond donors (Lipinski definition) is 0. The van der Waals surface area contributed by atoms with Crippen molar-refractivity contribution in [3.63, 3.8) is 0 Å². The summed E-state index contributed by atoms with van der Waals surface area (Å²) in [6.07, 6.45) is 1.42. The molecule has 182 valence electrons. The molecule has 0 aliphatic carbocycles. The van der Waals surface area contributed by atoms with Crippen molar-refractivity contribution in [2.45, 2.75) is 0 Å². The summed E-state index contributed by atoms with van der Waals surface area (Å²) in [6.45, 7) is 0. The van der Waals surface area contributed by atoms with E-state index in [1.807, 2.05) is 36.4 Å². The van der Waals surface area contributed by atoms with Gasteiger partial charge < -0.3 is 9.47 Å². The normalized spacial score (nSPS) is 11.1. The molecule has 7 nitrogen and oxygen atoms in total. The first-order valence-corrected chi connectivity index (χ1v) is 11.7. The number of rotatable bonds is 6. The molecule has 0 unspecified atom stereocenters. The second-order valence-corrected chi connectivity index (χ2v) is 8.42. The minimum atomic E-state index is -0.578. The summed E-state index contributed by atoms with van der Waals surface area (Å²) in [7, 11) is 1.52. The van der Waals surface area contributed by atoms with Crippen LogP contribution in [-0.4, -0.2) is 29.0 Å². The first-order valence-electron chi connectivity index (χ1n) is 11.3. The van der Waals surface area contributed by atoms with Crippen molar-refractivity contribution in [1.29, 1.82) is 0 Å². The lowest BCUT2D eigenvalue weighted by molar-refractivity contribution is 0.0734. The molecule has 0 N–H and O–H groups in total. The Morgan fingerprint density at radius 2 is 1.73 bits per heavy atom. The van der Waals surface area contributed by atoms with E-state index in [9.17, 15) is 9.59 Å². The zero-order chi connectivity index (χ0) is 25.8. The van der Waals surface area contributed by atoms with Crippen molar-refractivity contribution < 1.29 is 14.3 Å². The average Bonchev–Trinajstić information content (AvgIpc) is 2.94. The standard InChI is InChI=1S/C29H20ClN3O4/c1-36-23-11-7-10-20(17-23)29(35)37-26-15-14-22(30)16-21(26)18-31-33-27(19-8-3-2-4-9-19)32-25-13-6-5-12-24(25)28(33)34/h2-18H,1H3. The summed E-state index contributed by atoms with van der Waals surface area (Å²) in [4.78, 5) is 30.9. The lowest BCUT2D eigenvalue weighted by atomic mass is 10.2. The van der Waals surface area contributed by atoms with E-state index in [-0.39, 0.29) is 11.3 Å². The third-order valence-electron chi connectivity index (χ3n) is 5.58. The van der Waals surface area contributed by atoms with Crippen LogP contribution in [0.5, 0.6) is 11.5 Å². The maximum absolute atomic E-state index is 13.4. The Kier molecular flexibility index (Phi) is 6.78. The van der Waals surface area contributed by atoms with Crippen molar-refractivity contribution >= 4 is 34.7 Å². The Bertz CT molecular complexity index is 1700. The van der Waals surface area contributed by atoms with Gasteiger partial charge in [-0.1, -0.05) is 60.1 Å². The molecule has 0 radical (unpaired) electrons. The van der Waals surface area contributed by atoms with Crippen LogP contribution in [-0.2, 0) is 0 Å². The Balaban J connectivity index is 1.57. The largest absolute Gasteiger partial charge is 0.497 e. The number of methoxy groups -OCH3 is 1. The number of fused-ring (bicyclic) bond motifs is 1. The highest BCUT2D eigenvalue weighted by molar-refractivity contribution is 6.31. The van der Waals surface area contributed by atoms with Crippen LogP contribution in [0.1, 0.15) is 15.9 Å². The van der Waals surface area contributed by atoms with Gasteiger partial charge in [0.2, 0.25) is 0 Å². The van der Waals surface area contributed by atoms with Gasteiger partial charge >= 0.3 is 5.97 Å². The van der Waals surface area contributed by atoms with E-state index < -0.39 is 5.97 Å². The van der Waals surface area contributed by atoms with Crippen LogP contribution in [0.3, 0.4) is 0 Å². The van der Waals surface area contributed by atoms with Gasteiger partial charge in [0, 0.05) is 16.1 Å². The SMILES string of the molecule is COc1cccc(C(=O)Oc2ccc(Cl)cc2C=Nn2c(-c3ccccc3)nc3ccccc3c2=O)c1. The minimum Gasteiger partial charge on any atom is -0.497 e. The van der Waals surface area contributed by atoms with E-state index in [1.165, 1.54) is 18.0 Å². The third kappa shape index (κ3) is 5.12. The van der Waals surface area contributed by atoms with Gasteiger partial charge in [-0.05, 0) is 48.5 Å². The zero-order valence-corrected chi connectivity index (χ0v) is 20.4. The maximum Gasteiger partial charge on any atom is 0.343 e. The number of halogens is 1. The number of carbonyl (C=O) groups excluding carboxylic acids is 1. The molecule has 0 amide bonds. The average molecular weight is 510 g/mol. The smallest absolute Gasteiger partial charge is 0.343 e. The molecule has 8 heteroatoms. The molecule has 0 bridgehead atoms. The Labute approximate surface area is 217 Å². The first-order chi connectivity index (χ1) is 18.0. The predicted octanol–water partition coefficient (Wildman–Crippen LogP) is 5.83. The molecule has 1 heterocycles. The topological polar surface area (TPSA) is 82.8 Å². The van der Waals surface area contributed by atoms with Crippen molar-refractivity contribution in [2.75, 3.05) is 7.11 Å². The van der Waals surface area contributed by atoms with E-state index in [0.717, 1.165) is 5.56 Å². The number of aromatic nitrogens is 2. The van der Waals surface area contributed by atoms with E-state index in [1.54, 1.807) is 60.7 Å². The zero-order valence-electron chi connectivity index (χ0n) is 19.7. The number of para-hydroxylation sites is 1. The van der Waals surface area contributed by atoms with Gasteiger partial charge in [-0.25, -0.2) is 9.78 Å². The van der Waals surface area contributed by atoms with E-state index >= 15 is 0 Å². The Morgan fingerprint density at radius 1 is 0.946 bits per heavy atom. The third-order valence-corrected chi connectivity index (χ3v) is 5.81. The maximum atomic E-state index is 13.4. The highest BCUT2D eigenvalue weighted by Gasteiger charge is 2.15. The molecular weight excluding hydrogens is 490 g/mol. The number of ether oxygens (including phenoxy) is 2. The molecule has 5 rings (SSSR count). The van der Waals surface area contributed by atoms with Gasteiger partial charge in [0.15, 0.2) is 5.82 Å². The molecule has 0 spiro atoms. The fraction of sp³-hybridized carbons (Fsp3) is 0.0345. The van der Waals surface area contributed by atoms with Gasteiger partial charge in [0.1, 0.15) is 11.5 Å². The van der Waals surface area contributed by atoms with E-state index in [2.05, 4.69) is 10.1 Å². The van der Waals surface area contributed by atoms with Gasteiger partial charge in [0.25, 0.3) is 5.56 Å². The van der Waals surface area contributed by atoms with E-state index in [4.69, 9.17) is 21.1 Å². The Hall–Kier alpha value is -4.75. The van der Waals surface area contributed by atoms with Gasteiger partial charge in [-0.3, -0.25) is 4.79 Å². The molecule has 0 aliphatic heterocycles. The second-order valence-electron chi connectivity index (χ2n) is 7.98. The number of esters is 1. The minimum absolute atomic E-state index is 0.226. The number of hydrogen-bond acceptors (Lipinski definition) is 6. The monoisotopic (exact) mass is 509 g/mol. The molecule has 4 aromatic carbocycles. The highest BCUT2D eigenvalue weighted by atomic mass is 35.5. The van der Waals surface area contributed by atoms with Crippen LogP contribution in [0.25, 0.3) is 22.3 Å². The van der Waals surface area contributed by atoms with E-state index in [0.29, 0.717) is 38.6 Å². The van der Waals surface area contributed by atoms with Crippen LogP contribution in [0, 0.1) is 0 Å². The molecule has 5 aromatic rings. The van der Waals surface area contributed by atoms with Crippen molar-refractivity contribution in [2.24, 2.45) is 5.10 Å². The van der Waals surface area contributed by atoms with Crippen LogP contribution in [0.4, 0.5) is 0 Å². The van der Waals surface area contributed by atoms with Crippen molar-refractivity contribution in [3.8, 4) is 22.9 Å². The predicted molar refractivity (Wildman–Crippen MR) is 144 cm³/mol. The van der Waals surface area contributed by atoms with Gasteiger partial charge in [-0.15, -0.1) is 0 Å². The first kappa shape index (κ1) is 24.0. The summed E-state index contributed by atoms with van der Waals surface area (Å²) < 4.78 is 12.1. The fourth-order valence-electron chi connectivity index (χ4n) is 3.75. The summed E-state index contributed by atoms with van der Waals surface area (Å²) in [5, 5.41) is 5.30. The molecular formula is C29H20ClN3O4. The summed E-state index contributed by atoms with van der Waals surface area (Å²) in [5.74, 6) is 0.552. The van der Waals surface area contributed by atoms with Gasteiger partial charge in [-0.2, -0.15) is 9.78 Å². The highest BCUT2D eigenvalue weighted by Crippen LogP contribution is 2.24. The van der Waals surface area contributed by atoms with Crippen molar-refractivity contribution in [3.05, 3.63) is 124 Å². The number of carbonyl (C=O) groups is 1. The summed E-state index contributed by atoms with van der Waals surface area (Å²) in [6, 6.07) is 27.8. The molecule has 0 aliphatic rings. The Morgan fingerprint density at radius 3 is 2.54 bits per heavy atom.